The van der Waals surface area contributed by atoms with Gasteiger partial charge in [0.1, 0.15) is 23.4 Å². The zero-order valence-corrected chi connectivity index (χ0v) is 17.2. The number of nitrogens with one attached hydrogen (secondary N) is 1. The van der Waals surface area contributed by atoms with Gasteiger partial charge in [0.25, 0.3) is 5.91 Å². The van der Waals surface area contributed by atoms with Crippen LogP contribution in [0, 0.1) is 5.82 Å². The number of fused-ring (bicyclic) bond motifs is 1. The molecule has 2 aromatic carbocycles. The number of benzene rings is 2. The fraction of sp³-hybridized carbons (Fsp3) is 0.318. The van der Waals surface area contributed by atoms with Crippen LogP contribution in [0.25, 0.3) is 0 Å². The summed E-state index contributed by atoms with van der Waals surface area (Å²) in [6.45, 7) is 1.72. The second kappa shape index (κ2) is 10.0. The molecule has 2 amide bonds. The number of carbonyl (C=O) groups excluding carboxylic acids is 3. The van der Waals surface area contributed by atoms with Crippen LogP contribution < -0.4 is 19.7 Å². The zero-order valence-electron chi connectivity index (χ0n) is 17.2. The van der Waals surface area contributed by atoms with Gasteiger partial charge in [-0.3, -0.25) is 19.3 Å². The first-order chi connectivity index (χ1) is 14.9. The molecule has 1 N–H and O–H groups in total. The lowest BCUT2D eigenvalue weighted by Gasteiger charge is -2.33. The van der Waals surface area contributed by atoms with Crippen LogP contribution in [0.3, 0.4) is 0 Å². The largest absolute Gasteiger partial charge is 0.485 e. The molecule has 9 heteroatoms. The number of Topliss-reactive ketones (excluding diaryl/α,β-unsaturated/α-hetero) is 1. The summed E-state index contributed by atoms with van der Waals surface area (Å²) in [7, 11) is 1.52. The lowest BCUT2D eigenvalue weighted by Crippen LogP contribution is -2.51. The number of carbonyl (C=O) groups is 3. The van der Waals surface area contributed by atoms with Crippen LogP contribution >= 0.6 is 0 Å². The van der Waals surface area contributed by atoms with Gasteiger partial charge in [0.05, 0.1) is 12.3 Å². The standard InChI is InChI=1S/C22H23FN2O6/c1-14(22(28)24-8-9-29-2)25-18-10-15(6-7-20(18)31-13-21(25)27)19(26)12-30-17-5-3-4-16(23)11-17/h3-7,10-11,14H,8-9,12-13H2,1-2H3,(H,24,28). The number of ether oxygens (including phenoxy) is 3. The van der Waals surface area contributed by atoms with Crippen molar-refractivity contribution in [2.24, 2.45) is 0 Å². The fourth-order valence-electron chi connectivity index (χ4n) is 3.10. The smallest absolute Gasteiger partial charge is 0.265 e. The van der Waals surface area contributed by atoms with E-state index in [1.807, 2.05) is 0 Å². The third kappa shape index (κ3) is 5.37. The first-order valence-electron chi connectivity index (χ1n) is 9.68. The van der Waals surface area contributed by atoms with Crippen LogP contribution in [0.4, 0.5) is 10.1 Å². The van der Waals surface area contributed by atoms with Crippen LogP contribution in [0.5, 0.6) is 11.5 Å². The lowest BCUT2D eigenvalue weighted by atomic mass is 10.1. The third-order valence-electron chi connectivity index (χ3n) is 4.70. The van der Waals surface area contributed by atoms with E-state index in [1.54, 1.807) is 25.1 Å². The SMILES string of the molecule is COCCNC(=O)C(C)N1C(=O)COc2ccc(C(=O)COc3cccc(F)c3)cc21. The molecule has 31 heavy (non-hydrogen) atoms. The van der Waals surface area contributed by atoms with Crippen molar-refractivity contribution in [3.8, 4) is 11.5 Å². The Morgan fingerprint density at radius 2 is 2.06 bits per heavy atom. The molecule has 0 radical (unpaired) electrons. The molecule has 0 spiro atoms. The summed E-state index contributed by atoms with van der Waals surface area (Å²) in [4.78, 5) is 38.9. The van der Waals surface area contributed by atoms with Gasteiger partial charge in [-0.25, -0.2) is 4.39 Å². The van der Waals surface area contributed by atoms with Gasteiger partial charge in [0.15, 0.2) is 19.0 Å². The number of methoxy groups -OCH3 is 1. The van der Waals surface area contributed by atoms with Gasteiger partial charge in [-0.05, 0) is 37.3 Å². The molecule has 3 rings (SSSR count). The fourth-order valence-corrected chi connectivity index (χ4v) is 3.10. The van der Waals surface area contributed by atoms with Crippen molar-refractivity contribution < 1.29 is 33.0 Å². The number of rotatable bonds is 9. The quantitative estimate of drug-likeness (QED) is 0.483. The highest BCUT2D eigenvalue weighted by Crippen LogP contribution is 2.34. The molecule has 0 aromatic heterocycles. The Balaban J connectivity index is 1.77. The zero-order chi connectivity index (χ0) is 22.4. The number of amides is 2. The minimum absolute atomic E-state index is 0.210. The van der Waals surface area contributed by atoms with E-state index >= 15 is 0 Å². The van der Waals surface area contributed by atoms with Crippen LogP contribution in [0.15, 0.2) is 42.5 Å². The van der Waals surface area contributed by atoms with E-state index < -0.39 is 17.8 Å². The Morgan fingerprint density at radius 3 is 2.81 bits per heavy atom. The van der Waals surface area contributed by atoms with Crippen molar-refractivity contribution in [2.45, 2.75) is 13.0 Å². The molecule has 164 valence electrons. The topological polar surface area (TPSA) is 94.2 Å². The molecule has 1 aliphatic rings. The van der Waals surface area contributed by atoms with Crippen molar-refractivity contribution in [1.29, 1.82) is 0 Å². The number of hydrogen-bond acceptors (Lipinski definition) is 6. The Labute approximate surface area is 178 Å². The molecular weight excluding hydrogens is 407 g/mol. The number of anilines is 1. The van der Waals surface area contributed by atoms with E-state index in [1.165, 1.54) is 36.3 Å². The van der Waals surface area contributed by atoms with Gasteiger partial charge in [-0.1, -0.05) is 6.07 Å². The Hall–Kier alpha value is -3.46. The molecule has 2 aromatic rings. The van der Waals surface area contributed by atoms with Crippen molar-refractivity contribution in [1.82, 2.24) is 5.32 Å². The number of ketones is 1. The number of nitrogens with zero attached hydrogens (tertiary/aromatic N) is 1. The van der Waals surface area contributed by atoms with Gasteiger partial charge in [-0.2, -0.15) is 0 Å². The highest BCUT2D eigenvalue weighted by atomic mass is 19.1. The van der Waals surface area contributed by atoms with Gasteiger partial charge in [-0.15, -0.1) is 0 Å². The third-order valence-corrected chi connectivity index (χ3v) is 4.70. The van der Waals surface area contributed by atoms with Crippen LogP contribution in [0.1, 0.15) is 17.3 Å². The first-order valence-corrected chi connectivity index (χ1v) is 9.68. The summed E-state index contributed by atoms with van der Waals surface area (Å²) in [5.74, 6) is -0.983. The first kappa shape index (κ1) is 22.2. The molecule has 1 unspecified atom stereocenters. The van der Waals surface area contributed by atoms with Crippen molar-refractivity contribution >= 4 is 23.3 Å². The normalized spacial score (nSPS) is 13.8. The molecule has 0 saturated heterocycles. The highest BCUT2D eigenvalue weighted by Gasteiger charge is 2.33. The number of hydrogen-bond donors (Lipinski definition) is 1. The summed E-state index contributed by atoms with van der Waals surface area (Å²) in [6, 6.07) is 9.26. The van der Waals surface area contributed by atoms with Crippen LogP contribution in [0.2, 0.25) is 0 Å². The molecule has 0 bridgehead atoms. The average Bonchev–Trinajstić information content (AvgIpc) is 2.76. The maximum Gasteiger partial charge on any atom is 0.265 e. The number of halogens is 1. The lowest BCUT2D eigenvalue weighted by molar-refractivity contribution is -0.127. The van der Waals surface area contributed by atoms with Gasteiger partial charge in [0, 0.05) is 25.3 Å². The summed E-state index contributed by atoms with van der Waals surface area (Å²) in [6.07, 6.45) is 0. The molecule has 0 fully saturated rings. The second-order valence-corrected chi connectivity index (χ2v) is 6.86. The summed E-state index contributed by atoms with van der Waals surface area (Å²) in [5.41, 5.74) is 0.590. The van der Waals surface area contributed by atoms with Crippen molar-refractivity contribution in [3.63, 3.8) is 0 Å². The molecule has 8 nitrogen and oxygen atoms in total. The van der Waals surface area contributed by atoms with E-state index in [9.17, 15) is 18.8 Å². The molecular formula is C22H23FN2O6. The predicted molar refractivity (Wildman–Crippen MR) is 110 cm³/mol. The van der Waals surface area contributed by atoms with E-state index in [0.717, 1.165) is 0 Å². The predicted octanol–water partition coefficient (Wildman–Crippen LogP) is 1.96. The Morgan fingerprint density at radius 1 is 1.26 bits per heavy atom. The van der Waals surface area contributed by atoms with E-state index in [4.69, 9.17) is 14.2 Å². The maximum atomic E-state index is 13.3. The molecule has 0 aliphatic carbocycles. The van der Waals surface area contributed by atoms with E-state index in [2.05, 4.69) is 5.32 Å². The molecule has 1 aliphatic heterocycles. The highest BCUT2D eigenvalue weighted by molar-refractivity contribution is 6.05. The molecule has 0 saturated carbocycles. The van der Waals surface area contributed by atoms with Gasteiger partial charge >= 0.3 is 0 Å². The monoisotopic (exact) mass is 430 g/mol. The van der Waals surface area contributed by atoms with Gasteiger partial charge < -0.3 is 19.5 Å². The van der Waals surface area contributed by atoms with Crippen molar-refractivity contribution in [3.05, 3.63) is 53.8 Å². The van der Waals surface area contributed by atoms with Crippen molar-refractivity contribution in [2.75, 3.05) is 38.4 Å². The molecule has 1 atom stereocenters. The molecule has 1 heterocycles. The summed E-state index contributed by atoms with van der Waals surface area (Å²) < 4.78 is 29.0. The van der Waals surface area contributed by atoms with E-state index in [-0.39, 0.29) is 36.2 Å². The summed E-state index contributed by atoms with van der Waals surface area (Å²) in [5, 5.41) is 2.70. The average molecular weight is 430 g/mol. The Kier molecular flexibility index (Phi) is 7.19. The maximum absolute atomic E-state index is 13.3. The summed E-state index contributed by atoms with van der Waals surface area (Å²) >= 11 is 0. The van der Waals surface area contributed by atoms with Crippen LogP contribution in [-0.2, 0) is 14.3 Å². The van der Waals surface area contributed by atoms with E-state index in [0.29, 0.717) is 24.6 Å². The van der Waals surface area contributed by atoms with Crippen LogP contribution in [-0.4, -0.2) is 57.1 Å². The van der Waals surface area contributed by atoms with Gasteiger partial charge in [0.2, 0.25) is 5.91 Å². The minimum atomic E-state index is -0.819. The minimum Gasteiger partial charge on any atom is -0.485 e. The second-order valence-electron chi connectivity index (χ2n) is 6.86. The Bertz CT molecular complexity index is 980.